The van der Waals surface area contributed by atoms with Crippen molar-refractivity contribution in [2.75, 3.05) is 13.7 Å². The number of ether oxygens (including phenoxy) is 2. The summed E-state index contributed by atoms with van der Waals surface area (Å²) in [5, 5.41) is 5.10. The molecule has 1 N–H and O–H groups in total. The third-order valence-corrected chi connectivity index (χ3v) is 4.97. The molecule has 0 bridgehead atoms. The number of esters is 1. The van der Waals surface area contributed by atoms with Gasteiger partial charge in [0.15, 0.2) is 0 Å². The molecule has 0 heterocycles. The van der Waals surface area contributed by atoms with Gasteiger partial charge in [-0.25, -0.2) is 4.79 Å². The highest BCUT2D eigenvalue weighted by Crippen LogP contribution is 2.31. The van der Waals surface area contributed by atoms with Crippen molar-refractivity contribution in [2.24, 2.45) is 0 Å². The fraction of sp³-hybridized carbons (Fsp3) is 0.429. The second-order valence-corrected chi connectivity index (χ2v) is 6.76. The Kier molecular flexibility index (Phi) is 5.76. The summed E-state index contributed by atoms with van der Waals surface area (Å²) in [5.74, 6) is 0.361. The van der Waals surface area contributed by atoms with Crippen LogP contribution in [0.2, 0.25) is 0 Å². The number of nitrogens with one attached hydrogen (secondary N) is 1. The van der Waals surface area contributed by atoms with Crippen LogP contribution >= 0.6 is 0 Å². The summed E-state index contributed by atoms with van der Waals surface area (Å²) >= 11 is 0. The third kappa shape index (κ3) is 3.98. The van der Waals surface area contributed by atoms with E-state index in [4.69, 9.17) is 9.47 Å². The summed E-state index contributed by atoms with van der Waals surface area (Å²) in [7, 11) is 1.37. The topological polar surface area (TPSA) is 64.6 Å². The van der Waals surface area contributed by atoms with E-state index in [-0.39, 0.29) is 11.9 Å². The molecule has 0 atom stereocenters. The number of benzene rings is 2. The molecule has 0 aliphatic heterocycles. The van der Waals surface area contributed by atoms with Gasteiger partial charge in [0.05, 0.1) is 13.7 Å². The molecule has 138 valence electrons. The van der Waals surface area contributed by atoms with Crippen LogP contribution in [0.25, 0.3) is 10.8 Å². The average molecular weight is 355 g/mol. The van der Waals surface area contributed by atoms with Crippen LogP contribution in [-0.4, -0.2) is 31.1 Å². The van der Waals surface area contributed by atoms with Crippen molar-refractivity contribution < 1.29 is 19.1 Å². The first-order valence-electron chi connectivity index (χ1n) is 9.15. The summed E-state index contributed by atoms with van der Waals surface area (Å²) in [4.78, 5) is 24.3. The molecule has 3 rings (SSSR count). The Morgan fingerprint density at radius 2 is 1.81 bits per heavy atom. The van der Waals surface area contributed by atoms with Crippen molar-refractivity contribution in [3.8, 4) is 5.75 Å². The summed E-state index contributed by atoms with van der Waals surface area (Å²) in [6, 6.07) is 14.0. The fourth-order valence-electron chi connectivity index (χ4n) is 3.62. The molecule has 0 spiro atoms. The molecule has 2 aromatic rings. The zero-order valence-corrected chi connectivity index (χ0v) is 15.1. The van der Waals surface area contributed by atoms with Crippen LogP contribution < -0.4 is 10.1 Å². The average Bonchev–Trinajstić information content (AvgIpc) is 3.14. The van der Waals surface area contributed by atoms with Crippen LogP contribution in [0.5, 0.6) is 5.75 Å². The van der Waals surface area contributed by atoms with Crippen molar-refractivity contribution in [3.63, 3.8) is 0 Å². The monoisotopic (exact) mass is 355 g/mol. The molecule has 0 aromatic heterocycles. The van der Waals surface area contributed by atoms with Gasteiger partial charge in [-0.05, 0) is 30.7 Å². The lowest BCUT2D eigenvalue weighted by Crippen LogP contribution is -2.53. The van der Waals surface area contributed by atoms with Gasteiger partial charge in [0.1, 0.15) is 11.3 Å². The van der Waals surface area contributed by atoms with E-state index < -0.39 is 5.54 Å². The predicted octanol–water partition coefficient (Wildman–Crippen LogP) is 3.60. The van der Waals surface area contributed by atoms with Gasteiger partial charge >= 0.3 is 5.97 Å². The van der Waals surface area contributed by atoms with Crippen LogP contribution in [0.4, 0.5) is 0 Å². The number of amides is 1. The Bertz CT molecular complexity index is 775. The van der Waals surface area contributed by atoms with Crippen LogP contribution in [0, 0.1) is 0 Å². The van der Waals surface area contributed by atoms with Crippen molar-refractivity contribution in [1.29, 1.82) is 0 Å². The number of fused-ring (bicyclic) bond motifs is 1. The molecule has 1 amide bonds. The van der Waals surface area contributed by atoms with Crippen LogP contribution in [-0.2, 0) is 14.3 Å². The minimum Gasteiger partial charge on any atom is -0.493 e. The van der Waals surface area contributed by atoms with Crippen molar-refractivity contribution in [3.05, 3.63) is 42.5 Å². The molecular formula is C21H25NO4. The standard InChI is InChI=1S/C21H25NO4/c1-25-20(24)21(13-4-5-14-21)22-19(23)12-7-15-26-18-11-6-9-16-8-2-3-10-17(16)18/h2-3,6,8-11H,4-5,7,12-15H2,1H3,(H,22,23). The second-order valence-electron chi connectivity index (χ2n) is 6.76. The van der Waals surface area contributed by atoms with Crippen molar-refractivity contribution in [1.82, 2.24) is 5.32 Å². The van der Waals surface area contributed by atoms with E-state index in [2.05, 4.69) is 5.32 Å². The van der Waals surface area contributed by atoms with E-state index in [1.54, 1.807) is 0 Å². The Morgan fingerprint density at radius 3 is 2.58 bits per heavy atom. The highest BCUT2D eigenvalue weighted by atomic mass is 16.5. The van der Waals surface area contributed by atoms with Gasteiger partial charge in [-0.3, -0.25) is 4.79 Å². The Labute approximate surface area is 153 Å². The lowest BCUT2D eigenvalue weighted by atomic mass is 9.97. The number of carbonyl (C=O) groups is 2. The zero-order chi connectivity index (χ0) is 18.4. The highest BCUT2D eigenvalue weighted by molar-refractivity contribution is 5.89. The number of methoxy groups -OCH3 is 1. The van der Waals surface area contributed by atoms with E-state index in [1.807, 2.05) is 42.5 Å². The molecule has 5 heteroatoms. The molecule has 0 saturated heterocycles. The molecule has 1 saturated carbocycles. The maximum Gasteiger partial charge on any atom is 0.331 e. The molecule has 1 aliphatic rings. The minimum absolute atomic E-state index is 0.126. The summed E-state index contributed by atoms with van der Waals surface area (Å²) < 4.78 is 10.7. The van der Waals surface area contributed by atoms with Gasteiger partial charge in [-0.1, -0.05) is 49.2 Å². The van der Waals surface area contributed by atoms with Crippen LogP contribution in [0.3, 0.4) is 0 Å². The molecule has 1 fully saturated rings. The van der Waals surface area contributed by atoms with Gasteiger partial charge in [0, 0.05) is 11.8 Å². The highest BCUT2D eigenvalue weighted by Gasteiger charge is 2.43. The normalized spacial score (nSPS) is 15.6. The molecule has 5 nitrogen and oxygen atoms in total. The fourth-order valence-corrected chi connectivity index (χ4v) is 3.62. The minimum atomic E-state index is -0.831. The lowest BCUT2D eigenvalue weighted by Gasteiger charge is -2.27. The maximum absolute atomic E-state index is 12.3. The molecular weight excluding hydrogens is 330 g/mol. The van der Waals surface area contributed by atoms with E-state index in [9.17, 15) is 9.59 Å². The first kappa shape index (κ1) is 18.2. The second kappa shape index (κ2) is 8.21. The largest absolute Gasteiger partial charge is 0.493 e. The van der Waals surface area contributed by atoms with Crippen molar-refractivity contribution in [2.45, 2.75) is 44.1 Å². The van der Waals surface area contributed by atoms with Gasteiger partial charge in [-0.15, -0.1) is 0 Å². The summed E-state index contributed by atoms with van der Waals surface area (Å²) in [6.45, 7) is 0.451. The first-order valence-corrected chi connectivity index (χ1v) is 9.15. The Balaban J connectivity index is 1.50. The predicted molar refractivity (Wildman–Crippen MR) is 100 cm³/mol. The first-order chi connectivity index (χ1) is 12.6. The molecule has 2 aromatic carbocycles. The lowest BCUT2D eigenvalue weighted by molar-refractivity contribution is -0.150. The molecule has 0 radical (unpaired) electrons. The van der Waals surface area contributed by atoms with E-state index in [1.165, 1.54) is 7.11 Å². The van der Waals surface area contributed by atoms with Gasteiger partial charge in [-0.2, -0.15) is 0 Å². The van der Waals surface area contributed by atoms with Gasteiger partial charge in [0.25, 0.3) is 0 Å². The SMILES string of the molecule is COC(=O)C1(NC(=O)CCCOc2cccc3ccccc23)CCCC1. The van der Waals surface area contributed by atoms with Crippen LogP contribution in [0.15, 0.2) is 42.5 Å². The summed E-state index contributed by atoms with van der Waals surface area (Å²) in [5.41, 5.74) is -0.831. The van der Waals surface area contributed by atoms with Crippen LogP contribution in [0.1, 0.15) is 38.5 Å². The quantitative estimate of drug-likeness (QED) is 0.609. The zero-order valence-electron chi connectivity index (χ0n) is 15.1. The van der Waals surface area contributed by atoms with Gasteiger partial charge < -0.3 is 14.8 Å². The number of carbonyl (C=O) groups excluding carboxylic acids is 2. The third-order valence-electron chi connectivity index (χ3n) is 4.97. The molecule has 26 heavy (non-hydrogen) atoms. The van der Waals surface area contributed by atoms with E-state index in [0.717, 1.165) is 29.4 Å². The smallest absolute Gasteiger partial charge is 0.331 e. The Morgan fingerprint density at radius 1 is 1.08 bits per heavy atom. The molecule has 0 unspecified atom stereocenters. The Hall–Kier alpha value is -2.56. The molecule has 1 aliphatic carbocycles. The van der Waals surface area contributed by atoms with E-state index in [0.29, 0.717) is 32.3 Å². The summed E-state index contributed by atoms with van der Waals surface area (Å²) in [6.07, 6.45) is 4.07. The maximum atomic E-state index is 12.3. The van der Waals surface area contributed by atoms with E-state index >= 15 is 0 Å². The number of hydrogen-bond acceptors (Lipinski definition) is 4. The van der Waals surface area contributed by atoms with Gasteiger partial charge in [0.2, 0.25) is 5.91 Å². The number of rotatable bonds is 7. The number of hydrogen-bond donors (Lipinski definition) is 1. The van der Waals surface area contributed by atoms with Crippen molar-refractivity contribution >= 4 is 22.6 Å².